The molecule has 0 aliphatic heterocycles. The smallest absolute Gasteiger partial charge is 0.00206 e. The average molecular weight is 707 g/mol. The first-order valence-corrected chi connectivity index (χ1v) is 19.5. The Kier molecular flexibility index (Phi) is 6.73. The van der Waals surface area contributed by atoms with E-state index in [2.05, 4.69) is 206 Å². The summed E-state index contributed by atoms with van der Waals surface area (Å²) in [5.74, 6) is 0. The van der Waals surface area contributed by atoms with Gasteiger partial charge in [-0.15, -0.1) is 0 Å². The summed E-state index contributed by atoms with van der Waals surface area (Å²) in [4.78, 5) is 0. The molecule has 0 unspecified atom stereocenters. The fourth-order valence-corrected chi connectivity index (χ4v) is 9.42. The molecule has 12 aromatic rings. The maximum atomic E-state index is 2.35. The Bertz CT molecular complexity index is 3180. The molecule has 0 bridgehead atoms. The first-order chi connectivity index (χ1) is 27.7. The molecular formula is C56H34. The van der Waals surface area contributed by atoms with Gasteiger partial charge in [-0.05, 0) is 138 Å². The van der Waals surface area contributed by atoms with E-state index in [0.29, 0.717) is 0 Å². The highest BCUT2D eigenvalue weighted by Gasteiger charge is 2.15. The molecule has 12 aromatic carbocycles. The topological polar surface area (TPSA) is 0 Å². The minimum Gasteiger partial charge on any atom is -0.0622 e. The van der Waals surface area contributed by atoms with Gasteiger partial charge >= 0.3 is 0 Å². The molecule has 0 radical (unpaired) electrons. The molecule has 0 heteroatoms. The zero-order chi connectivity index (χ0) is 36.7. The van der Waals surface area contributed by atoms with Crippen LogP contribution in [0.5, 0.6) is 0 Å². The Morgan fingerprint density at radius 1 is 0.179 bits per heavy atom. The van der Waals surface area contributed by atoms with Gasteiger partial charge in [-0.1, -0.05) is 188 Å². The van der Waals surface area contributed by atoms with Crippen molar-refractivity contribution in [1.82, 2.24) is 0 Å². The molecule has 258 valence electrons. The third-order valence-corrected chi connectivity index (χ3v) is 12.2. The molecule has 12 rings (SSSR count). The van der Waals surface area contributed by atoms with Gasteiger partial charge in [-0.3, -0.25) is 0 Å². The standard InChI is InChI=1S/C56H34/c1-2-6-35(7-3-1)46-32-47(36-12-16-38(17-13-36)49-28-24-44-22-20-40-8-4-10-42-26-30-51(49)55(44)53(40)42)34-48(33-46)37-14-18-39(19-15-37)50-29-25-45-23-21-41-9-5-11-43-27-31-52(50)56(45)54(41)43/h1-34H. The molecule has 0 atom stereocenters. The summed E-state index contributed by atoms with van der Waals surface area (Å²) in [7, 11) is 0. The highest BCUT2D eigenvalue weighted by atomic mass is 14.2. The van der Waals surface area contributed by atoms with E-state index in [0.717, 1.165) is 0 Å². The van der Waals surface area contributed by atoms with E-state index in [9.17, 15) is 0 Å². The van der Waals surface area contributed by atoms with Crippen LogP contribution in [0, 0.1) is 0 Å². The van der Waals surface area contributed by atoms with Gasteiger partial charge < -0.3 is 0 Å². The number of hydrogen-bond donors (Lipinski definition) is 0. The van der Waals surface area contributed by atoms with Crippen molar-refractivity contribution in [2.75, 3.05) is 0 Å². The Balaban J connectivity index is 0.942. The molecule has 0 heterocycles. The lowest BCUT2D eigenvalue weighted by Crippen LogP contribution is -1.89. The van der Waals surface area contributed by atoms with Gasteiger partial charge in [0.25, 0.3) is 0 Å². The SMILES string of the molecule is c1ccc(-c2cc(-c3ccc(-c4ccc5ccc6cccc7ccc4c5c67)cc3)cc(-c3ccc(-c4ccc5ccc6cccc7ccc4c5c67)cc3)c2)cc1. The molecule has 0 amide bonds. The van der Waals surface area contributed by atoms with Crippen molar-refractivity contribution in [3.05, 3.63) is 206 Å². The predicted molar refractivity (Wildman–Crippen MR) is 241 cm³/mol. The summed E-state index contributed by atoms with van der Waals surface area (Å²) in [5.41, 5.74) is 12.2. The third kappa shape index (κ3) is 4.79. The number of benzene rings is 12. The first kappa shape index (κ1) is 31.1. The normalized spacial score (nSPS) is 11.9. The van der Waals surface area contributed by atoms with Crippen molar-refractivity contribution < 1.29 is 0 Å². The highest BCUT2D eigenvalue weighted by molar-refractivity contribution is 6.26. The molecule has 0 nitrogen and oxygen atoms in total. The Hall–Kier alpha value is -7.28. The van der Waals surface area contributed by atoms with E-state index in [-0.39, 0.29) is 0 Å². The second-order valence-corrected chi connectivity index (χ2v) is 15.3. The fraction of sp³-hybridized carbons (Fsp3) is 0. The molecule has 0 saturated carbocycles. The van der Waals surface area contributed by atoms with Gasteiger partial charge in [0.1, 0.15) is 0 Å². The second-order valence-electron chi connectivity index (χ2n) is 15.3. The lowest BCUT2D eigenvalue weighted by Gasteiger charge is -2.15. The van der Waals surface area contributed by atoms with Crippen molar-refractivity contribution in [3.8, 4) is 55.6 Å². The van der Waals surface area contributed by atoms with Gasteiger partial charge in [0, 0.05) is 0 Å². The summed E-state index contributed by atoms with van der Waals surface area (Å²) in [6, 6.07) is 76.6. The van der Waals surface area contributed by atoms with E-state index in [1.807, 2.05) is 0 Å². The van der Waals surface area contributed by atoms with Crippen LogP contribution in [0.2, 0.25) is 0 Å². The van der Waals surface area contributed by atoms with Crippen LogP contribution in [0.15, 0.2) is 206 Å². The quantitative estimate of drug-likeness (QED) is 0.156. The van der Waals surface area contributed by atoms with Crippen LogP contribution in [-0.4, -0.2) is 0 Å². The van der Waals surface area contributed by atoms with Crippen LogP contribution < -0.4 is 0 Å². The van der Waals surface area contributed by atoms with E-state index < -0.39 is 0 Å². The first-order valence-electron chi connectivity index (χ1n) is 19.5. The monoisotopic (exact) mass is 706 g/mol. The lowest BCUT2D eigenvalue weighted by atomic mass is 9.88. The molecule has 0 aliphatic rings. The zero-order valence-electron chi connectivity index (χ0n) is 30.6. The second kappa shape index (κ2) is 12.1. The summed E-state index contributed by atoms with van der Waals surface area (Å²) in [6.45, 7) is 0. The van der Waals surface area contributed by atoms with Crippen molar-refractivity contribution in [2.24, 2.45) is 0 Å². The van der Waals surface area contributed by atoms with Crippen LogP contribution in [-0.2, 0) is 0 Å². The van der Waals surface area contributed by atoms with Crippen LogP contribution >= 0.6 is 0 Å². The number of rotatable bonds is 5. The maximum Gasteiger partial charge on any atom is -0.00206 e. The molecule has 0 N–H and O–H groups in total. The van der Waals surface area contributed by atoms with Crippen LogP contribution in [0.3, 0.4) is 0 Å². The van der Waals surface area contributed by atoms with Gasteiger partial charge in [0.2, 0.25) is 0 Å². The predicted octanol–water partition coefficient (Wildman–Crippen LogP) is 15.8. The van der Waals surface area contributed by atoms with E-state index >= 15 is 0 Å². The molecular weight excluding hydrogens is 673 g/mol. The van der Waals surface area contributed by atoms with Crippen LogP contribution in [0.4, 0.5) is 0 Å². The van der Waals surface area contributed by atoms with E-state index in [1.165, 1.54) is 120 Å². The van der Waals surface area contributed by atoms with Crippen LogP contribution in [0.25, 0.3) is 120 Å². The maximum absolute atomic E-state index is 2.35. The highest BCUT2D eigenvalue weighted by Crippen LogP contribution is 2.42. The molecule has 0 aromatic heterocycles. The van der Waals surface area contributed by atoms with Crippen molar-refractivity contribution in [2.45, 2.75) is 0 Å². The zero-order valence-corrected chi connectivity index (χ0v) is 30.6. The Morgan fingerprint density at radius 3 is 0.911 bits per heavy atom. The lowest BCUT2D eigenvalue weighted by molar-refractivity contribution is 1.56. The Labute approximate surface area is 325 Å². The summed E-state index contributed by atoms with van der Waals surface area (Å²) >= 11 is 0. The molecule has 56 heavy (non-hydrogen) atoms. The van der Waals surface area contributed by atoms with Crippen molar-refractivity contribution in [3.63, 3.8) is 0 Å². The average Bonchev–Trinajstić information content (AvgIpc) is 3.27. The summed E-state index contributed by atoms with van der Waals surface area (Å²) in [6.07, 6.45) is 0. The molecule has 0 spiro atoms. The Morgan fingerprint density at radius 2 is 0.500 bits per heavy atom. The summed E-state index contributed by atoms with van der Waals surface area (Å²) in [5, 5.41) is 15.8. The van der Waals surface area contributed by atoms with Crippen molar-refractivity contribution in [1.29, 1.82) is 0 Å². The molecule has 0 aliphatic carbocycles. The van der Waals surface area contributed by atoms with Gasteiger partial charge in [-0.2, -0.15) is 0 Å². The van der Waals surface area contributed by atoms with E-state index in [4.69, 9.17) is 0 Å². The number of hydrogen-bond acceptors (Lipinski definition) is 0. The minimum atomic E-state index is 1.20. The largest absolute Gasteiger partial charge is 0.0622 e. The minimum absolute atomic E-state index is 1.20. The summed E-state index contributed by atoms with van der Waals surface area (Å²) < 4.78 is 0. The molecule has 0 fully saturated rings. The van der Waals surface area contributed by atoms with Gasteiger partial charge in [-0.25, -0.2) is 0 Å². The van der Waals surface area contributed by atoms with Crippen molar-refractivity contribution >= 4 is 64.6 Å². The van der Waals surface area contributed by atoms with Gasteiger partial charge in [0.05, 0.1) is 0 Å². The van der Waals surface area contributed by atoms with Gasteiger partial charge in [0.15, 0.2) is 0 Å². The fourth-order valence-electron chi connectivity index (χ4n) is 9.42. The third-order valence-electron chi connectivity index (χ3n) is 12.2. The van der Waals surface area contributed by atoms with Crippen LogP contribution in [0.1, 0.15) is 0 Å². The van der Waals surface area contributed by atoms with E-state index in [1.54, 1.807) is 0 Å². The molecule has 0 saturated heterocycles.